The fraction of sp³-hybridized carbons (Fsp3) is 0.231. The van der Waals surface area contributed by atoms with Gasteiger partial charge in [-0.3, -0.25) is 4.79 Å². The van der Waals surface area contributed by atoms with Crippen molar-refractivity contribution in [3.63, 3.8) is 0 Å². The lowest BCUT2D eigenvalue weighted by atomic mass is 10.0. The summed E-state index contributed by atoms with van der Waals surface area (Å²) in [5.74, 6) is 5.49. The fourth-order valence-corrected chi connectivity index (χ4v) is 4.98. The highest BCUT2D eigenvalue weighted by molar-refractivity contribution is 6.42. The predicted octanol–water partition coefficient (Wildman–Crippen LogP) is 4.72. The van der Waals surface area contributed by atoms with E-state index in [1.54, 1.807) is 0 Å². The molecule has 0 saturated heterocycles. The zero-order chi connectivity index (χ0) is 23.9. The highest BCUT2D eigenvalue weighted by atomic mass is 35.5. The minimum atomic E-state index is -0.361. The number of carbonyl (C=O) groups excluding carboxylic acids is 1. The quantitative estimate of drug-likeness (QED) is 0.165. The van der Waals surface area contributed by atoms with Crippen molar-refractivity contribution in [1.82, 2.24) is 11.5 Å². The van der Waals surface area contributed by atoms with Crippen LogP contribution in [-0.4, -0.2) is 18.3 Å². The molecule has 1 aliphatic carbocycles. The average Bonchev–Trinajstić information content (AvgIpc) is 3.52. The van der Waals surface area contributed by atoms with Crippen LogP contribution in [0.3, 0.4) is 0 Å². The van der Waals surface area contributed by atoms with Gasteiger partial charge in [-0.05, 0) is 54.2 Å². The number of fused-ring (bicyclic) bond motifs is 1. The van der Waals surface area contributed by atoms with Gasteiger partial charge in [-0.1, -0.05) is 65.7 Å². The van der Waals surface area contributed by atoms with E-state index < -0.39 is 0 Å². The number of benzene rings is 3. The summed E-state index contributed by atoms with van der Waals surface area (Å²) in [4.78, 5) is 15.8. The minimum Gasteiger partial charge on any atom is -0.382 e. The number of amides is 1. The van der Waals surface area contributed by atoms with Gasteiger partial charge < -0.3 is 27.9 Å². The molecule has 2 aliphatic rings. The number of halogens is 2. The lowest BCUT2D eigenvalue weighted by molar-refractivity contribution is 0.0931. The Labute approximate surface area is 214 Å². The first-order valence-electron chi connectivity index (χ1n) is 11.2. The maximum Gasteiger partial charge on any atom is 0.254 e. The van der Waals surface area contributed by atoms with Crippen molar-refractivity contribution in [1.29, 1.82) is 0 Å². The molecule has 0 atom stereocenters. The van der Waals surface area contributed by atoms with Crippen molar-refractivity contribution in [2.75, 3.05) is 11.4 Å². The Morgan fingerprint density at radius 1 is 1.06 bits per heavy atom. The largest absolute Gasteiger partial charge is 0.382 e. The summed E-state index contributed by atoms with van der Waals surface area (Å²) >= 11 is 12.3. The van der Waals surface area contributed by atoms with Gasteiger partial charge in [0, 0.05) is 18.7 Å². The minimum absolute atomic E-state index is 0. The molecule has 7 nitrogen and oxygen atoms in total. The third-order valence-electron chi connectivity index (χ3n) is 6.66. The Morgan fingerprint density at radius 2 is 1.80 bits per heavy atom. The molecule has 5 rings (SSSR count). The number of nitrogens with one attached hydrogen (secondary N) is 1. The molecule has 1 fully saturated rings. The molecule has 0 unspecified atom stereocenters. The van der Waals surface area contributed by atoms with E-state index >= 15 is 0 Å². The molecule has 1 heterocycles. The molecular weight excluding hydrogens is 483 g/mol. The van der Waals surface area contributed by atoms with E-state index in [0.29, 0.717) is 22.2 Å². The smallest absolute Gasteiger partial charge is 0.254 e. The number of nitrogens with zero attached hydrogens (tertiary/aromatic N) is 2. The van der Waals surface area contributed by atoms with Gasteiger partial charge in [0.2, 0.25) is 0 Å². The van der Waals surface area contributed by atoms with E-state index in [4.69, 9.17) is 34.8 Å². The van der Waals surface area contributed by atoms with Gasteiger partial charge in [-0.2, -0.15) is 5.10 Å². The molecule has 9 heteroatoms. The van der Waals surface area contributed by atoms with Crippen LogP contribution in [0.15, 0.2) is 65.8 Å². The number of amidine groups is 1. The maximum atomic E-state index is 13.5. The Balaban J connectivity index is 0.00000289. The van der Waals surface area contributed by atoms with Gasteiger partial charge in [0.05, 0.1) is 26.8 Å². The molecule has 1 amide bonds. The number of carbonyl (C=O) groups is 1. The first-order valence-corrected chi connectivity index (χ1v) is 11.9. The topological polar surface area (TPSA) is 132 Å². The van der Waals surface area contributed by atoms with Crippen LogP contribution in [-0.2, 0) is 18.5 Å². The molecule has 1 saturated carbocycles. The van der Waals surface area contributed by atoms with Crippen molar-refractivity contribution < 1.29 is 4.79 Å². The van der Waals surface area contributed by atoms with Crippen molar-refractivity contribution in [2.24, 2.45) is 16.7 Å². The van der Waals surface area contributed by atoms with E-state index in [-0.39, 0.29) is 23.4 Å². The van der Waals surface area contributed by atoms with E-state index in [1.165, 1.54) is 5.56 Å². The molecule has 1 aliphatic heterocycles. The first-order chi connectivity index (χ1) is 16.4. The lowest BCUT2D eigenvalue weighted by Crippen LogP contribution is -2.36. The number of para-hydroxylation sites is 1. The SMILES string of the molecule is N.NN=C(N)c1ccc(C2(NC(=O)c3cccc4c3N(Cc3ccc(Cl)c(Cl)c3)CC4)CC2)cc1. The monoisotopic (exact) mass is 510 g/mol. The number of anilines is 1. The normalized spacial score (nSPS) is 15.8. The van der Waals surface area contributed by atoms with Crippen molar-refractivity contribution >= 4 is 40.6 Å². The molecule has 0 bridgehead atoms. The average molecular weight is 511 g/mol. The maximum absolute atomic E-state index is 13.5. The summed E-state index contributed by atoms with van der Waals surface area (Å²) < 4.78 is 0. The summed E-state index contributed by atoms with van der Waals surface area (Å²) in [6.45, 7) is 1.50. The van der Waals surface area contributed by atoms with Gasteiger partial charge in [0.25, 0.3) is 5.91 Å². The second kappa shape index (κ2) is 9.77. The van der Waals surface area contributed by atoms with Crippen LogP contribution in [0.4, 0.5) is 5.69 Å². The number of nitrogens with two attached hydrogens (primary N) is 2. The number of rotatable bonds is 6. The highest BCUT2D eigenvalue weighted by Gasteiger charge is 2.46. The van der Waals surface area contributed by atoms with E-state index in [0.717, 1.165) is 48.2 Å². The Hall–Kier alpha value is -3.26. The molecule has 8 N–H and O–H groups in total. The predicted molar refractivity (Wildman–Crippen MR) is 142 cm³/mol. The van der Waals surface area contributed by atoms with Crippen LogP contribution in [0.1, 0.15) is 45.5 Å². The first kappa shape index (κ1) is 24.9. The summed E-state index contributed by atoms with van der Waals surface area (Å²) in [5, 5.41) is 7.91. The van der Waals surface area contributed by atoms with Crippen LogP contribution < -0.4 is 27.9 Å². The lowest BCUT2D eigenvalue weighted by Gasteiger charge is -2.24. The van der Waals surface area contributed by atoms with Crippen molar-refractivity contribution in [3.8, 4) is 0 Å². The van der Waals surface area contributed by atoms with E-state index in [9.17, 15) is 4.79 Å². The molecule has 0 radical (unpaired) electrons. The number of hydrazone groups is 1. The second-order valence-corrected chi connectivity index (χ2v) is 9.68. The van der Waals surface area contributed by atoms with E-state index in [1.807, 2.05) is 54.6 Å². The molecule has 35 heavy (non-hydrogen) atoms. The van der Waals surface area contributed by atoms with Crippen LogP contribution in [0, 0.1) is 0 Å². The van der Waals surface area contributed by atoms with Crippen molar-refractivity contribution in [3.05, 3.63) is 98.5 Å². The standard InChI is InChI=1S/C26H25Cl2N5O.H3N/c27-21-9-4-16(14-22(21)28)15-33-13-10-17-2-1-3-20(23(17)33)25(34)31-26(11-12-26)19-7-5-18(6-8-19)24(29)32-30;/h1-9,14H,10-13,15,30H2,(H2,29,32)(H,31,34);1H3. The fourth-order valence-electron chi connectivity index (χ4n) is 4.66. The Kier molecular flexibility index (Phi) is 6.94. The molecule has 0 spiro atoms. The van der Waals surface area contributed by atoms with Crippen LogP contribution >= 0.6 is 23.2 Å². The van der Waals surface area contributed by atoms with Gasteiger partial charge in [0.1, 0.15) is 5.84 Å². The third kappa shape index (κ3) is 4.80. The highest BCUT2D eigenvalue weighted by Crippen LogP contribution is 2.46. The Bertz CT molecular complexity index is 1290. The van der Waals surface area contributed by atoms with Gasteiger partial charge in [0.15, 0.2) is 0 Å². The van der Waals surface area contributed by atoms with Crippen molar-refractivity contribution in [2.45, 2.75) is 31.3 Å². The second-order valence-electron chi connectivity index (χ2n) is 8.86. The summed E-state index contributed by atoms with van der Waals surface area (Å²) in [5.41, 5.74) is 11.2. The Morgan fingerprint density at radius 3 is 2.46 bits per heavy atom. The molecular formula is C26H28Cl2N6O. The summed E-state index contributed by atoms with van der Waals surface area (Å²) in [6, 6.07) is 19.3. The third-order valence-corrected chi connectivity index (χ3v) is 7.40. The zero-order valence-corrected chi connectivity index (χ0v) is 20.7. The summed E-state index contributed by atoms with van der Waals surface area (Å²) in [6.07, 6.45) is 2.68. The van der Waals surface area contributed by atoms with Gasteiger partial charge >= 0.3 is 0 Å². The zero-order valence-electron chi connectivity index (χ0n) is 19.2. The van der Waals surface area contributed by atoms with Crippen LogP contribution in [0.25, 0.3) is 0 Å². The molecule has 3 aromatic rings. The molecule has 0 aromatic heterocycles. The molecule has 182 valence electrons. The molecule has 3 aromatic carbocycles. The van der Waals surface area contributed by atoms with Crippen LogP contribution in [0.2, 0.25) is 10.0 Å². The van der Waals surface area contributed by atoms with E-state index in [2.05, 4.69) is 21.4 Å². The van der Waals surface area contributed by atoms with Crippen LogP contribution in [0.5, 0.6) is 0 Å². The number of hydrogen-bond donors (Lipinski definition) is 4. The number of hydrogen-bond acceptors (Lipinski definition) is 5. The van der Waals surface area contributed by atoms with Gasteiger partial charge in [-0.15, -0.1) is 0 Å². The summed E-state index contributed by atoms with van der Waals surface area (Å²) in [7, 11) is 0. The van der Waals surface area contributed by atoms with Gasteiger partial charge in [-0.25, -0.2) is 0 Å².